The Labute approximate surface area is 104 Å². The third-order valence-electron chi connectivity index (χ3n) is 2.63. The minimum atomic E-state index is 0.0571. The van der Waals surface area contributed by atoms with E-state index < -0.39 is 0 Å². The van der Waals surface area contributed by atoms with Crippen LogP contribution in [0.2, 0.25) is 0 Å². The van der Waals surface area contributed by atoms with Gasteiger partial charge in [-0.1, -0.05) is 30.1 Å². The number of carbonyl (C=O) groups is 1. The molecule has 1 fully saturated rings. The standard InChI is InChI=1S/C12H14N2O2S/c1-8-6-10(8)11(16)14-12-13-7-9(17-12)4-2-3-5-15/h7-8,10,15H,3,5-6H2,1H3,(H,13,14,16). The van der Waals surface area contributed by atoms with Gasteiger partial charge in [-0.15, -0.1) is 0 Å². The molecule has 5 heteroatoms. The van der Waals surface area contributed by atoms with Crippen molar-refractivity contribution in [2.75, 3.05) is 11.9 Å². The zero-order chi connectivity index (χ0) is 12.3. The molecule has 0 radical (unpaired) electrons. The lowest BCUT2D eigenvalue weighted by Crippen LogP contribution is -2.13. The van der Waals surface area contributed by atoms with Gasteiger partial charge < -0.3 is 10.4 Å². The minimum absolute atomic E-state index is 0.0571. The molecule has 1 heterocycles. The second-order valence-electron chi connectivity index (χ2n) is 4.11. The van der Waals surface area contributed by atoms with Crippen LogP contribution in [0.1, 0.15) is 24.6 Å². The van der Waals surface area contributed by atoms with Gasteiger partial charge in [0.2, 0.25) is 5.91 Å². The summed E-state index contributed by atoms with van der Waals surface area (Å²) in [5.41, 5.74) is 0. The van der Waals surface area contributed by atoms with Gasteiger partial charge in [0.05, 0.1) is 17.7 Å². The van der Waals surface area contributed by atoms with Crippen LogP contribution in [0.25, 0.3) is 0 Å². The molecular weight excluding hydrogens is 236 g/mol. The zero-order valence-corrected chi connectivity index (χ0v) is 10.4. The van der Waals surface area contributed by atoms with Crippen molar-refractivity contribution in [1.82, 2.24) is 4.98 Å². The Kier molecular flexibility index (Phi) is 3.77. The summed E-state index contributed by atoms with van der Waals surface area (Å²) in [6.07, 6.45) is 3.07. The summed E-state index contributed by atoms with van der Waals surface area (Å²) < 4.78 is 0. The first kappa shape index (κ1) is 12.1. The average molecular weight is 250 g/mol. The van der Waals surface area contributed by atoms with Crippen LogP contribution in [-0.2, 0) is 4.79 Å². The monoisotopic (exact) mass is 250 g/mol. The molecule has 1 aromatic heterocycles. The number of aliphatic hydroxyl groups is 1. The highest BCUT2D eigenvalue weighted by molar-refractivity contribution is 7.16. The third-order valence-corrected chi connectivity index (χ3v) is 3.46. The molecule has 1 saturated carbocycles. The number of aliphatic hydroxyl groups excluding tert-OH is 1. The molecule has 0 bridgehead atoms. The number of aromatic nitrogens is 1. The predicted octanol–water partition coefficient (Wildman–Crippen LogP) is 1.47. The van der Waals surface area contributed by atoms with Crippen LogP contribution < -0.4 is 5.32 Å². The van der Waals surface area contributed by atoms with Gasteiger partial charge in [-0.3, -0.25) is 4.79 Å². The Morgan fingerprint density at radius 2 is 2.53 bits per heavy atom. The first-order chi connectivity index (χ1) is 8.20. The zero-order valence-electron chi connectivity index (χ0n) is 9.56. The number of hydrogen-bond donors (Lipinski definition) is 2. The van der Waals surface area contributed by atoms with Gasteiger partial charge in [-0.2, -0.15) is 0 Å². The number of thiazole rings is 1. The van der Waals surface area contributed by atoms with Crippen LogP contribution in [0.5, 0.6) is 0 Å². The molecule has 4 nitrogen and oxygen atoms in total. The molecule has 1 aliphatic carbocycles. The quantitative estimate of drug-likeness (QED) is 0.799. The van der Waals surface area contributed by atoms with Crippen molar-refractivity contribution in [3.63, 3.8) is 0 Å². The van der Waals surface area contributed by atoms with Gasteiger partial charge in [0.15, 0.2) is 5.13 Å². The van der Waals surface area contributed by atoms with E-state index in [1.807, 2.05) is 0 Å². The SMILES string of the molecule is CC1CC1C(=O)Nc1ncc(C#CCCO)s1. The van der Waals surface area contributed by atoms with E-state index >= 15 is 0 Å². The number of amides is 1. The summed E-state index contributed by atoms with van der Waals surface area (Å²) in [5.74, 6) is 6.42. The van der Waals surface area contributed by atoms with Crippen molar-refractivity contribution < 1.29 is 9.90 Å². The smallest absolute Gasteiger partial charge is 0.229 e. The molecule has 0 saturated heterocycles. The Balaban J connectivity index is 1.90. The summed E-state index contributed by atoms with van der Waals surface area (Å²) in [7, 11) is 0. The third kappa shape index (κ3) is 3.29. The average Bonchev–Trinajstić information content (AvgIpc) is 2.86. The molecule has 2 atom stereocenters. The molecule has 0 aliphatic heterocycles. The van der Waals surface area contributed by atoms with Crippen molar-refractivity contribution in [2.24, 2.45) is 11.8 Å². The summed E-state index contributed by atoms with van der Waals surface area (Å²) in [4.78, 5) is 16.5. The molecule has 2 unspecified atom stereocenters. The Bertz CT molecular complexity index is 472. The van der Waals surface area contributed by atoms with Gasteiger partial charge in [-0.05, 0) is 12.3 Å². The van der Waals surface area contributed by atoms with E-state index in [1.54, 1.807) is 6.20 Å². The van der Waals surface area contributed by atoms with Crippen LogP contribution in [-0.4, -0.2) is 22.6 Å². The molecule has 1 aromatic rings. The van der Waals surface area contributed by atoms with Gasteiger partial charge in [0.25, 0.3) is 0 Å². The number of carbonyl (C=O) groups excluding carboxylic acids is 1. The molecule has 17 heavy (non-hydrogen) atoms. The van der Waals surface area contributed by atoms with E-state index in [0.717, 1.165) is 11.3 Å². The van der Waals surface area contributed by atoms with Crippen molar-refractivity contribution >= 4 is 22.4 Å². The first-order valence-electron chi connectivity index (χ1n) is 5.57. The van der Waals surface area contributed by atoms with Crippen molar-refractivity contribution in [2.45, 2.75) is 19.8 Å². The van der Waals surface area contributed by atoms with Crippen LogP contribution in [0.15, 0.2) is 6.20 Å². The van der Waals surface area contributed by atoms with Crippen LogP contribution in [0, 0.1) is 23.7 Å². The summed E-state index contributed by atoms with van der Waals surface area (Å²) in [6.45, 7) is 2.13. The number of nitrogens with zero attached hydrogens (tertiary/aromatic N) is 1. The molecule has 1 amide bonds. The van der Waals surface area contributed by atoms with Crippen molar-refractivity contribution in [3.8, 4) is 11.8 Å². The van der Waals surface area contributed by atoms with Gasteiger partial charge in [0, 0.05) is 12.3 Å². The fourth-order valence-corrected chi connectivity index (χ4v) is 2.17. The van der Waals surface area contributed by atoms with E-state index in [2.05, 4.69) is 29.1 Å². The maximum atomic E-state index is 11.6. The van der Waals surface area contributed by atoms with Gasteiger partial charge in [0.1, 0.15) is 0 Å². The predicted molar refractivity (Wildman–Crippen MR) is 66.6 cm³/mol. The Morgan fingerprint density at radius 1 is 1.76 bits per heavy atom. The molecular formula is C12H14N2O2S. The lowest BCUT2D eigenvalue weighted by atomic mass is 10.3. The van der Waals surface area contributed by atoms with E-state index in [0.29, 0.717) is 17.5 Å². The number of nitrogens with one attached hydrogen (secondary N) is 1. The molecule has 1 aliphatic rings. The highest BCUT2D eigenvalue weighted by Crippen LogP contribution is 2.38. The summed E-state index contributed by atoms with van der Waals surface area (Å²) in [6, 6.07) is 0. The minimum Gasteiger partial charge on any atom is -0.395 e. The Hall–Kier alpha value is -1.38. The maximum absolute atomic E-state index is 11.6. The lowest BCUT2D eigenvalue weighted by molar-refractivity contribution is -0.117. The highest BCUT2D eigenvalue weighted by atomic mass is 32.1. The number of rotatable bonds is 3. The Morgan fingerprint density at radius 3 is 3.18 bits per heavy atom. The maximum Gasteiger partial charge on any atom is 0.229 e. The van der Waals surface area contributed by atoms with Crippen molar-refractivity contribution in [3.05, 3.63) is 11.1 Å². The number of anilines is 1. The van der Waals surface area contributed by atoms with Crippen molar-refractivity contribution in [1.29, 1.82) is 0 Å². The van der Waals surface area contributed by atoms with E-state index in [4.69, 9.17) is 5.11 Å². The normalized spacial score (nSPS) is 21.5. The van der Waals surface area contributed by atoms with Crippen LogP contribution >= 0.6 is 11.3 Å². The largest absolute Gasteiger partial charge is 0.395 e. The van der Waals surface area contributed by atoms with E-state index in [-0.39, 0.29) is 18.4 Å². The highest BCUT2D eigenvalue weighted by Gasteiger charge is 2.39. The summed E-state index contributed by atoms with van der Waals surface area (Å²) in [5, 5.41) is 12.0. The summed E-state index contributed by atoms with van der Waals surface area (Å²) >= 11 is 1.36. The second kappa shape index (κ2) is 5.30. The van der Waals surface area contributed by atoms with Gasteiger partial charge >= 0.3 is 0 Å². The van der Waals surface area contributed by atoms with Gasteiger partial charge in [-0.25, -0.2) is 4.98 Å². The van der Waals surface area contributed by atoms with E-state index in [1.165, 1.54) is 11.3 Å². The topological polar surface area (TPSA) is 62.2 Å². The fraction of sp³-hybridized carbons (Fsp3) is 0.500. The molecule has 2 rings (SSSR count). The van der Waals surface area contributed by atoms with Crippen LogP contribution in [0.4, 0.5) is 5.13 Å². The molecule has 0 aromatic carbocycles. The van der Waals surface area contributed by atoms with Crippen LogP contribution in [0.3, 0.4) is 0 Å². The fourth-order valence-electron chi connectivity index (χ4n) is 1.48. The molecule has 0 spiro atoms. The first-order valence-corrected chi connectivity index (χ1v) is 6.38. The second-order valence-corrected chi connectivity index (χ2v) is 5.14. The molecule has 2 N–H and O–H groups in total. The molecule has 90 valence electrons. The lowest BCUT2D eigenvalue weighted by Gasteiger charge is -1.97. The van der Waals surface area contributed by atoms with E-state index in [9.17, 15) is 4.79 Å². The number of hydrogen-bond acceptors (Lipinski definition) is 4.